The van der Waals surface area contributed by atoms with E-state index in [1.54, 1.807) is 6.33 Å². The van der Waals surface area contributed by atoms with Crippen molar-refractivity contribution in [3.63, 3.8) is 0 Å². The highest BCUT2D eigenvalue weighted by atomic mass is 32.1. The summed E-state index contributed by atoms with van der Waals surface area (Å²) in [6.07, 6.45) is 4.95. The van der Waals surface area contributed by atoms with Gasteiger partial charge in [-0.2, -0.15) is 0 Å². The van der Waals surface area contributed by atoms with E-state index in [2.05, 4.69) is 34.4 Å². The van der Waals surface area contributed by atoms with Crippen LogP contribution in [0.15, 0.2) is 6.33 Å². The van der Waals surface area contributed by atoms with E-state index < -0.39 is 0 Å². The normalized spacial score (nSPS) is 14.5. The summed E-state index contributed by atoms with van der Waals surface area (Å²) in [5.74, 6) is 1.45. The van der Waals surface area contributed by atoms with E-state index in [9.17, 15) is 4.79 Å². The van der Waals surface area contributed by atoms with Crippen molar-refractivity contribution >= 4 is 33.3 Å². The number of carbonyl (C=O) groups excluding carboxylic acids is 1. The fourth-order valence-corrected chi connectivity index (χ4v) is 3.44. The lowest BCUT2D eigenvalue weighted by Gasteiger charge is -2.07. The molecule has 1 aliphatic carbocycles. The molecule has 0 aliphatic heterocycles. The van der Waals surface area contributed by atoms with Crippen LogP contribution >= 0.6 is 11.3 Å². The van der Waals surface area contributed by atoms with Crippen LogP contribution in [-0.2, 0) is 0 Å². The zero-order chi connectivity index (χ0) is 15.7. The van der Waals surface area contributed by atoms with Crippen LogP contribution < -0.4 is 10.6 Å². The number of carbonyl (C=O) groups is 1. The molecule has 1 amide bonds. The largest absolute Gasteiger partial charge is 0.367 e. The first kappa shape index (κ1) is 15.2. The van der Waals surface area contributed by atoms with Crippen LogP contribution in [0.5, 0.6) is 0 Å². The second-order valence-electron chi connectivity index (χ2n) is 6.32. The van der Waals surface area contributed by atoms with Crippen LogP contribution in [0.3, 0.4) is 0 Å². The molecule has 0 radical (unpaired) electrons. The Hall–Kier alpha value is -1.69. The van der Waals surface area contributed by atoms with Gasteiger partial charge in [0.15, 0.2) is 0 Å². The quantitative estimate of drug-likeness (QED) is 0.857. The van der Waals surface area contributed by atoms with Gasteiger partial charge in [0.25, 0.3) is 5.91 Å². The monoisotopic (exact) mass is 318 g/mol. The van der Waals surface area contributed by atoms with Crippen molar-refractivity contribution in [2.45, 2.75) is 46.1 Å². The van der Waals surface area contributed by atoms with Crippen molar-refractivity contribution in [2.24, 2.45) is 5.92 Å². The third-order valence-corrected chi connectivity index (χ3v) is 5.06. The number of nitrogens with zero attached hydrogens (tertiary/aromatic N) is 2. The number of hydrogen-bond acceptors (Lipinski definition) is 5. The van der Waals surface area contributed by atoms with Crippen LogP contribution in [-0.4, -0.2) is 28.5 Å². The van der Waals surface area contributed by atoms with Gasteiger partial charge >= 0.3 is 0 Å². The van der Waals surface area contributed by atoms with E-state index >= 15 is 0 Å². The summed E-state index contributed by atoms with van der Waals surface area (Å²) < 4.78 is 0. The molecule has 1 fully saturated rings. The molecular weight excluding hydrogens is 296 g/mol. The Labute approximate surface area is 134 Å². The summed E-state index contributed by atoms with van der Waals surface area (Å²) >= 11 is 1.45. The summed E-state index contributed by atoms with van der Waals surface area (Å²) in [6, 6.07) is 0.528. The minimum atomic E-state index is -0.00137. The van der Waals surface area contributed by atoms with Crippen molar-refractivity contribution in [1.82, 2.24) is 15.3 Å². The molecule has 0 saturated heterocycles. The Morgan fingerprint density at radius 2 is 2.18 bits per heavy atom. The molecule has 2 aromatic rings. The highest BCUT2D eigenvalue weighted by molar-refractivity contribution is 7.20. The second-order valence-corrected chi connectivity index (χ2v) is 7.31. The van der Waals surface area contributed by atoms with E-state index in [4.69, 9.17) is 0 Å². The molecule has 0 atom stereocenters. The highest BCUT2D eigenvalue weighted by Crippen LogP contribution is 2.35. The topological polar surface area (TPSA) is 66.9 Å². The van der Waals surface area contributed by atoms with Crippen molar-refractivity contribution in [1.29, 1.82) is 0 Å². The minimum absolute atomic E-state index is 0.00137. The standard InChI is InChI=1S/C16H22N4OS/c1-9(2)6-7-17-15(21)13-10(3)12-14(20-11-4-5-11)18-8-19-16(12)22-13/h8-9,11H,4-7H2,1-3H3,(H,17,21)(H,18,19,20). The van der Waals surface area contributed by atoms with Gasteiger partial charge in [-0.1, -0.05) is 13.8 Å². The van der Waals surface area contributed by atoms with E-state index in [1.165, 1.54) is 24.2 Å². The summed E-state index contributed by atoms with van der Waals surface area (Å²) in [7, 11) is 0. The molecule has 0 unspecified atom stereocenters. The van der Waals surface area contributed by atoms with E-state index in [1.807, 2.05) is 6.92 Å². The molecule has 2 N–H and O–H groups in total. The fourth-order valence-electron chi connectivity index (χ4n) is 2.37. The maximum Gasteiger partial charge on any atom is 0.261 e. The van der Waals surface area contributed by atoms with E-state index in [-0.39, 0.29) is 5.91 Å². The summed E-state index contributed by atoms with van der Waals surface area (Å²) in [5.41, 5.74) is 0.978. The van der Waals surface area contributed by atoms with Gasteiger partial charge in [-0.25, -0.2) is 9.97 Å². The fraction of sp³-hybridized carbons (Fsp3) is 0.562. The van der Waals surface area contributed by atoms with Gasteiger partial charge in [0.1, 0.15) is 17.0 Å². The van der Waals surface area contributed by atoms with Crippen LogP contribution in [0.4, 0.5) is 5.82 Å². The number of nitrogens with one attached hydrogen (secondary N) is 2. The number of amides is 1. The first-order valence-corrected chi connectivity index (χ1v) is 8.66. The van der Waals surface area contributed by atoms with Crippen LogP contribution in [0, 0.1) is 12.8 Å². The predicted molar refractivity (Wildman–Crippen MR) is 90.6 cm³/mol. The zero-order valence-corrected chi connectivity index (χ0v) is 14.1. The predicted octanol–water partition coefficient (Wildman–Crippen LogP) is 3.35. The first-order chi connectivity index (χ1) is 10.6. The van der Waals surface area contributed by atoms with Gasteiger partial charge in [0.05, 0.1) is 10.3 Å². The van der Waals surface area contributed by atoms with Gasteiger partial charge in [0, 0.05) is 12.6 Å². The summed E-state index contributed by atoms with van der Waals surface area (Å²) in [4.78, 5) is 22.7. The van der Waals surface area contributed by atoms with Crippen molar-refractivity contribution < 1.29 is 4.79 Å². The average molecular weight is 318 g/mol. The number of rotatable bonds is 6. The second kappa shape index (κ2) is 6.20. The molecule has 2 aromatic heterocycles. The number of aromatic nitrogens is 2. The third kappa shape index (κ3) is 3.21. The molecule has 6 heteroatoms. The number of aryl methyl sites for hydroxylation is 1. The van der Waals surface area contributed by atoms with Crippen LogP contribution in [0.25, 0.3) is 10.2 Å². The Morgan fingerprint density at radius 1 is 1.41 bits per heavy atom. The van der Waals surface area contributed by atoms with Crippen LogP contribution in [0.2, 0.25) is 0 Å². The Kier molecular flexibility index (Phi) is 4.29. The van der Waals surface area contributed by atoms with Gasteiger partial charge in [-0.3, -0.25) is 4.79 Å². The van der Waals surface area contributed by atoms with E-state index in [0.717, 1.165) is 32.9 Å². The lowest BCUT2D eigenvalue weighted by Crippen LogP contribution is -2.25. The van der Waals surface area contributed by atoms with E-state index in [0.29, 0.717) is 18.5 Å². The molecule has 118 valence electrons. The van der Waals surface area contributed by atoms with Crippen LogP contribution in [0.1, 0.15) is 48.3 Å². The molecule has 22 heavy (non-hydrogen) atoms. The van der Waals surface area contributed by atoms with Crippen molar-refractivity contribution in [3.05, 3.63) is 16.8 Å². The number of anilines is 1. The first-order valence-electron chi connectivity index (χ1n) is 7.85. The van der Waals surface area contributed by atoms with Gasteiger partial charge in [-0.15, -0.1) is 11.3 Å². The molecule has 2 heterocycles. The smallest absolute Gasteiger partial charge is 0.261 e. The Morgan fingerprint density at radius 3 is 2.86 bits per heavy atom. The molecule has 0 spiro atoms. The number of thiophene rings is 1. The number of fused-ring (bicyclic) bond motifs is 1. The molecule has 0 bridgehead atoms. The van der Waals surface area contributed by atoms with Gasteiger partial charge in [-0.05, 0) is 37.7 Å². The lowest BCUT2D eigenvalue weighted by molar-refractivity contribution is 0.0955. The average Bonchev–Trinajstić information content (AvgIpc) is 3.21. The SMILES string of the molecule is Cc1c(C(=O)NCCC(C)C)sc2ncnc(NC3CC3)c12. The van der Waals surface area contributed by atoms with Gasteiger partial charge in [0.2, 0.25) is 0 Å². The maximum atomic E-state index is 12.4. The summed E-state index contributed by atoms with van der Waals surface area (Å²) in [6.45, 7) is 7.01. The van der Waals surface area contributed by atoms with Gasteiger partial charge < -0.3 is 10.6 Å². The Balaban J connectivity index is 1.84. The maximum absolute atomic E-state index is 12.4. The molecule has 1 saturated carbocycles. The lowest BCUT2D eigenvalue weighted by atomic mass is 10.1. The zero-order valence-electron chi connectivity index (χ0n) is 13.3. The summed E-state index contributed by atoms with van der Waals surface area (Å²) in [5, 5.41) is 7.44. The third-order valence-electron chi connectivity index (χ3n) is 3.86. The minimum Gasteiger partial charge on any atom is -0.367 e. The van der Waals surface area contributed by atoms with Crippen molar-refractivity contribution in [3.8, 4) is 0 Å². The molecule has 3 rings (SSSR count). The Bertz CT molecular complexity index is 691. The number of hydrogen-bond donors (Lipinski definition) is 2. The molecule has 1 aliphatic rings. The van der Waals surface area contributed by atoms with Crippen molar-refractivity contribution in [2.75, 3.05) is 11.9 Å². The molecule has 0 aromatic carbocycles. The molecular formula is C16H22N4OS. The highest BCUT2D eigenvalue weighted by Gasteiger charge is 2.24. The molecule has 5 nitrogen and oxygen atoms in total.